The van der Waals surface area contributed by atoms with Gasteiger partial charge in [-0.2, -0.15) is 0 Å². The Labute approximate surface area is 170 Å². The van der Waals surface area contributed by atoms with E-state index >= 15 is 0 Å². The Morgan fingerprint density at radius 1 is 0.679 bits per heavy atom. The highest BCUT2D eigenvalue weighted by Gasteiger charge is 2.21. The first-order chi connectivity index (χ1) is 13.6. The zero-order chi connectivity index (χ0) is 20.2. The summed E-state index contributed by atoms with van der Waals surface area (Å²) in [7, 11) is 0. The van der Waals surface area contributed by atoms with Gasteiger partial charge in [0.05, 0.1) is 0 Å². The minimum atomic E-state index is -0.122. The first-order valence-electron chi connectivity index (χ1n) is 11.0. The molecule has 0 amide bonds. The number of esters is 2. The summed E-state index contributed by atoms with van der Waals surface area (Å²) in [5, 5.41) is 0. The molecule has 4 heteroatoms. The minimum Gasteiger partial charge on any atom is -0.455 e. The van der Waals surface area contributed by atoms with E-state index in [1.54, 1.807) is 0 Å². The topological polar surface area (TPSA) is 52.6 Å². The molecular formula is C24H36O4. The third kappa shape index (κ3) is 8.45. The number of carbonyl (C=O) groups excluding carboxylic acids is 2. The van der Waals surface area contributed by atoms with Crippen molar-refractivity contribution in [3.05, 3.63) is 35.5 Å². The van der Waals surface area contributed by atoms with Crippen molar-refractivity contribution in [3.8, 4) is 0 Å². The summed E-state index contributed by atoms with van der Waals surface area (Å²) >= 11 is 0. The summed E-state index contributed by atoms with van der Waals surface area (Å²) in [6, 6.07) is 0. The number of cyclic esters (lactones) is 2. The Bertz CT molecular complexity index is 548. The van der Waals surface area contributed by atoms with Crippen LogP contribution in [-0.2, 0) is 19.1 Å². The Morgan fingerprint density at radius 2 is 1.07 bits per heavy atom. The van der Waals surface area contributed by atoms with Gasteiger partial charge in [0.1, 0.15) is 12.2 Å². The maximum Gasteiger partial charge on any atom is 0.334 e. The number of allylic oxidation sites excluding steroid dienone is 2. The summed E-state index contributed by atoms with van der Waals surface area (Å²) in [5.41, 5.74) is 1.73. The lowest BCUT2D eigenvalue weighted by molar-refractivity contribution is -0.140. The zero-order valence-corrected chi connectivity index (χ0v) is 17.6. The van der Waals surface area contributed by atoms with Gasteiger partial charge in [0.25, 0.3) is 0 Å². The van der Waals surface area contributed by atoms with E-state index in [0.29, 0.717) is 0 Å². The lowest BCUT2D eigenvalue weighted by Gasteiger charge is -2.01. The molecule has 0 radical (unpaired) electrons. The molecule has 2 aliphatic rings. The highest BCUT2D eigenvalue weighted by atomic mass is 16.6. The molecule has 28 heavy (non-hydrogen) atoms. The van der Waals surface area contributed by atoms with Crippen LogP contribution in [0.5, 0.6) is 0 Å². The van der Waals surface area contributed by atoms with Crippen molar-refractivity contribution >= 4 is 11.9 Å². The van der Waals surface area contributed by atoms with Crippen LogP contribution in [0.15, 0.2) is 35.5 Å². The van der Waals surface area contributed by atoms with Gasteiger partial charge in [0.15, 0.2) is 0 Å². The number of rotatable bonds is 14. The van der Waals surface area contributed by atoms with Crippen molar-refractivity contribution in [2.75, 3.05) is 0 Å². The lowest BCUT2D eigenvalue weighted by Crippen LogP contribution is -2.03. The van der Waals surface area contributed by atoms with E-state index in [1.165, 1.54) is 38.5 Å². The number of ether oxygens (including phenoxy) is 2. The van der Waals surface area contributed by atoms with Gasteiger partial charge in [-0.1, -0.05) is 37.8 Å². The SMILES string of the molecule is C[C@H]1C=C(CCCCCC/C=C\CCCCCCC2=C[C@H](C)OC2=O)C(=O)O1. The van der Waals surface area contributed by atoms with Gasteiger partial charge in [-0.3, -0.25) is 0 Å². The molecule has 2 aliphatic heterocycles. The highest BCUT2D eigenvalue weighted by molar-refractivity contribution is 5.91. The zero-order valence-electron chi connectivity index (χ0n) is 17.6. The monoisotopic (exact) mass is 388 g/mol. The van der Waals surface area contributed by atoms with Gasteiger partial charge in [0, 0.05) is 11.1 Å². The fourth-order valence-corrected chi connectivity index (χ4v) is 3.73. The number of hydrogen-bond acceptors (Lipinski definition) is 4. The fraction of sp³-hybridized carbons (Fsp3) is 0.667. The van der Waals surface area contributed by atoms with E-state index in [9.17, 15) is 9.59 Å². The second-order valence-corrected chi connectivity index (χ2v) is 7.98. The Kier molecular flexibility index (Phi) is 10.1. The van der Waals surface area contributed by atoms with Crippen molar-refractivity contribution in [2.45, 2.75) is 103 Å². The van der Waals surface area contributed by atoms with Crippen LogP contribution >= 0.6 is 0 Å². The van der Waals surface area contributed by atoms with Gasteiger partial charge in [-0.05, 0) is 77.4 Å². The first-order valence-corrected chi connectivity index (χ1v) is 11.0. The first kappa shape index (κ1) is 22.4. The van der Waals surface area contributed by atoms with E-state index in [1.807, 2.05) is 26.0 Å². The molecule has 0 aliphatic carbocycles. The summed E-state index contributed by atoms with van der Waals surface area (Å²) < 4.78 is 10.2. The molecule has 0 saturated carbocycles. The maximum atomic E-state index is 11.5. The standard InChI is InChI=1S/C24H36O4/c1-19-17-21(23(25)27-19)15-13-11-9-7-5-3-4-6-8-10-12-14-16-22-18-20(2)28-24(22)26/h3-4,17-20H,5-16H2,1-2H3/b4-3-/t19-,20-/m0/s1. The Hall–Kier alpha value is -1.84. The van der Waals surface area contributed by atoms with Crippen LogP contribution in [0.2, 0.25) is 0 Å². The molecule has 156 valence electrons. The van der Waals surface area contributed by atoms with Crippen LogP contribution in [0.4, 0.5) is 0 Å². The molecule has 0 aromatic rings. The second kappa shape index (κ2) is 12.6. The quantitative estimate of drug-likeness (QED) is 0.209. The number of unbranched alkanes of at least 4 members (excludes halogenated alkanes) is 8. The predicted molar refractivity (Wildman–Crippen MR) is 112 cm³/mol. The maximum absolute atomic E-state index is 11.5. The predicted octanol–water partition coefficient (Wildman–Crippen LogP) is 5.97. The molecule has 2 heterocycles. The van der Waals surface area contributed by atoms with E-state index < -0.39 is 0 Å². The van der Waals surface area contributed by atoms with E-state index in [4.69, 9.17) is 9.47 Å². The van der Waals surface area contributed by atoms with Crippen LogP contribution < -0.4 is 0 Å². The van der Waals surface area contributed by atoms with Gasteiger partial charge in [-0.15, -0.1) is 0 Å². The summed E-state index contributed by atoms with van der Waals surface area (Å²) in [6.45, 7) is 3.81. The summed E-state index contributed by atoms with van der Waals surface area (Å²) in [6.07, 6.45) is 21.8. The molecule has 0 saturated heterocycles. The molecule has 0 unspecified atom stereocenters. The largest absolute Gasteiger partial charge is 0.455 e. The van der Waals surface area contributed by atoms with Crippen molar-refractivity contribution in [2.24, 2.45) is 0 Å². The van der Waals surface area contributed by atoms with Crippen molar-refractivity contribution in [1.29, 1.82) is 0 Å². The molecular weight excluding hydrogens is 352 g/mol. The van der Waals surface area contributed by atoms with Gasteiger partial charge < -0.3 is 9.47 Å². The van der Waals surface area contributed by atoms with Crippen LogP contribution in [-0.4, -0.2) is 24.1 Å². The molecule has 0 bridgehead atoms. The second-order valence-electron chi connectivity index (χ2n) is 7.98. The fourth-order valence-electron chi connectivity index (χ4n) is 3.73. The van der Waals surface area contributed by atoms with E-state index in [2.05, 4.69) is 12.2 Å². The van der Waals surface area contributed by atoms with Gasteiger partial charge in [0.2, 0.25) is 0 Å². The van der Waals surface area contributed by atoms with Crippen LogP contribution in [0.3, 0.4) is 0 Å². The van der Waals surface area contributed by atoms with Crippen molar-refractivity contribution < 1.29 is 19.1 Å². The normalized spacial score (nSPS) is 21.8. The van der Waals surface area contributed by atoms with Gasteiger partial charge >= 0.3 is 11.9 Å². The molecule has 0 aromatic heterocycles. The molecule has 2 rings (SSSR count). The third-order valence-corrected chi connectivity index (χ3v) is 5.28. The summed E-state index contributed by atoms with van der Waals surface area (Å²) in [5.74, 6) is -0.244. The highest BCUT2D eigenvalue weighted by Crippen LogP contribution is 2.20. The van der Waals surface area contributed by atoms with E-state index in [0.717, 1.165) is 49.7 Å². The molecule has 2 atom stereocenters. The van der Waals surface area contributed by atoms with Crippen LogP contribution in [0, 0.1) is 0 Å². The van der Waals surface area contributed by atoms with Crippen LogP contribution in [0.1, 0.15) is 90.9 Å². The molecule has 0 N–H and O–H groups in total. The smallest absolute Gasteiger partial charge is 0.334 e. The average molecular weight is 389 g/mol. The molecule has 0 aromatic carbocycles. The Balaban J connectivity index is 1.35. The van der Waals surface area contributed by atoms with Crippen molar-refractivity contribution in [1.82, 2.24) is 0 Å². The average Bonchev–Trinajstić information content (AvgIpc) is 3.14. The lowest BCUT2D eigenvalue weighted by atomic mass is 10.0. The molecule has 0 spiro atoms. The minimum absolute atomic E-state index is 0.0417. The van der Waals surface area contributed by atoms with Crippen molar-refractivity contribution in [3.63, 3.8) is 0 Å². The Morgan fingerprint density at radius 3 is 1.43 bits per heavy atom. The summed E-state index contributed by atoms with van der Waals surface area (Å²) in [4.78, 5) is 23.0. The van der Waals surface area contributed by atoms with Crippen LogP contribution in [0.25, 0.3) is 0 Å². The molecule has 4 nitrogen and oxygen atoms in total. The number of carbonyl (C=O) groups is 2. The van der Waals surface area contributed by atoms with E-state index in [-0.39, 0.29) is 24.1 Å². The van der Waals surface area contributed by atoms with Gasteiger partial charge in [-0.25, -0.2) is 9.59 Å². The third-order valence-electron chi connectivity index (χ3n) is 5.28. The number of hydrogen-bond donors (Lipinski definition) is 0. The molecule has 0 fully saturated rings.